The van der Waals surface area contributed by atoms with Crippen LogP contribution in [0.4, 0.5) is 0 Å². The van der Waals surface area contributed by atoms with E-state index in [9.17, 15) is 9.59 Å². The maximum Gasteiger partial charge on any atom is 0.192 e. The number of H-pyrrole nitrogens is 2. The van der Waals surface area contributed by atoms with Gasteiger partial charge in [0.25, 0.3) is 0 Å². The fraction of sp³-hybridized carbons (Fsp3) is 0.400. The Balaban J connectivity index is 2.17. The maximum atomic E-state index is 12.7. The molecule has 0 spiro atoms. The van der Waals surface area contributed by atoms with Gasteiger partial charge in [-0.25, -0.2) is 0 Å². The van der Waals surface area contributed by atoms with E-state index in [0.29, 0.717) is 10.8 Å². The lowest BCUT2D eigenvalue weighted by atomic mass is 10.0. The molecule has 0 unspecified atom stereocenters. The third-order valence-corrected chi connectivity index (χ3v) is 4.66. The molecule has 4 nitrogen and oxygen atoms in total. The Morgan fingerprint density at radius 2 is 1.17 bits per heavy atom. The van der Waals surface area contributed by atoms with Crippen LogP contribution in [0.5, 0.6) is 0 Å². The van der Waals surface area contributed by atoms with Crippen molar-refractivity contribution in [2.24, 2.45) is 0 Å². The average Bonchev–Trinajstić information content (AvgIpc) is 2.60. The number of aryl methyl sites for hydroxylation is 2. The molecule has 0 atom stereocenters. The van der Waals surface area contributed by atoms with Crippen LogP contribution in [-0.4, -0.2) is 9.97 Å². The lowest BCUT2D eigenvalue weighted by Crippen LogP contribution is -2.13. The summed E-state index contributed by atoms with van der Waals surface area (Å²) in [4.78, 5) is 31.8. The molecule has 2 aromatic heterocycles. The molecule has 0 fully saturated rings. The van der Waals surface area contributed by atoms with Crippen LogP contribution in [-0.2, 0) is 12.8 Å². The Labute approximate surface area is 140 Å². The Bertz CT molecular complexity index is 902. The Morgan fingerprint density at radius 3 is 1.54 bits per heavy atom. The van der Waals surface area contributed by atoms with Gasteiger partial charge in [0.1, 0.15) is 0 Å². The van der Waals surface area contributed by atoms with Gasteiger partial charge in [-0.3, -0.25) is 9.59 Å². The largest absolute Gasteiger partial charge is 0.359 e. The van der Waals surface area contributed by atoms with Gasteiger partial charge in [-0.15, -0.1) is 0 Å². The van der Waals surface area contributed by atoms with E-state index in [0.717, 1.165) is 60.7 Å². The number of benzene rings is 1. The van der Waals surface area contributed by atoms with E-state index in [1.165, 1.54) is 0 Å². The van der Waals surface area contributed by atoms with E-state index in [1.54, 1.807) is 24.5 Å². The number of aromatic amines is 2. The van der Waals surface area contributed by atoms with E-state index in [-0.39, 0.29) is 10.9 Å². The minimum atomic E-state index is 0.0648. The van der Waals surface area contributed by atoms with Crippen LogP contribution >= 0.6 is 0 Å². The summed E-state index contributed by atoms with van der Waals surface area (Å²) in [5, 5.41) is 1.29. The minimum absolute atomic E-state index is 0.0648. The van der Waals surface area contributed by atoms with Gasteiger partial charge in [0.15, 0.2) is 10.9 Å². The number of rotatable bonds is 6. The van der Waals surface area contributed by atoms with Crippen LogP contribution in [0.3, 0.4) is 0 Å². The molecule has 4 heteroatoms. The number of hydrogen-bond acceptors (Lipinski definition) is 2. The molecule has 0 saturated heterocycles. The molecule has 3 rings (SSSR count). The summed E-state index contributed by atoms with van der Waals surface area (Å²) >= 11 is 0. The van der Waals surface area contributed by atoms with E-state index < -0.39 is 0 Å². The topological polar surface area (TPSA) is 65.7 Å². The van der Waals surface area contributed by atoms with Gasteiger partial charge in [0.05, 0.1) is 11.0 Å². The summed E-state index contributed by atoms with van der Waals surface area (Å²) in [5.74, 6) is 0. The lowest BCUT2D eigenvalue weighted by Gasteiger charge is -2.08. The Morgan fingerprint density at radius 1 is 0.750 bits per heavy atom. The predicted octanol–water partition coefficient (Wildman–Crippen LogP) is 4.05. The van der Waals surface area contributed by atoms with Crippen molar-refractivity contribution < 1.29 is 0 Å². The summed E-state index contributed by atoms with van der Waals surface area (Å²) in [7, 11) is 0. The van der Waals surface area contributed by atoms with Crippen molar-refractivity contribution in [1.82, 2.24) is 9.97 Å². The number of aromatic nitrogens is 2. The molecular weight excluding hydrogens is 300 g/mol. The van der Waals surface area contributed by atoms with E-state index in [1.807, 2.05) is 0 Å². The van der Waals surface area contributed by atoms with Gasteiger partial charge in [-0.1, -0.05) is 26.7 Å². The third-order valence-electron chi connectivity index (χ3n) is 4.66. The smallest absolute Gasteiger partial charge is 0.192 e. The van der Waals surface area contributed by atoms with Gasteiger partial charge in [-0.2, -0.15) is 0 Å². The monoisotopic (exact) mass is 324 g/mol. The van der Waals surface area contributed by atoms with Gasteiger partial charge < -0.3 is 9.97 Å². The molecule has 0 aliphatic rings. The van der Waals surface area contributed by atoms with E-state index in [4.69, 9.17) is 0 Å². The second-order valence-corrected chi connectivity index (χ2v) is 6.40. The first-order valence-electron chi connectivity index (χ1n) is 8.84. The molecule has 3 aromatic rings. The van der Waals surface area contributed by atoms with Crippen molar-refractivity contribution in [3.63, 3.8) is 0 Å². The second-order valence-electron chi connectivity index (χ2n) is 6.40. The molecule has 126 valence electrons. The van der Waals surface area contributed by atoms with Crippen LogP contribution in [0.1, 0.15) is 50.7 Å². The molecule has 2 heterocycles. The number of hydrogen-bond donors (Lipinski definition) is 2. The van der Waals surface area contributed by atoms with Crippen molar-refractivity contribution in [2.45, 2.75) is 52.4 Å². The molecule has 1 aromatic carbocycles. The average molecular weight is 324 g/mol. The van der Waals surface area contributed by atoms with Crippen LogP contribution in [0.15, 0.2) is 34.1 Å². The predicted molar refractivity (Wildman–Crippen MR) is 99.9 cm³/mol. The summed E-state index contributed by atoms with van der Waals surface area (Å²) in [5.41, 5.74) is 3.19. The SMILES string of the molecule is CCCCc1c[nH]c2c(ccc3c(=O)c(CCCC)c[nH]c32)c1=O. The molecule has 0 saturated carbocycles. The number of unbranched alkanes of at least 4 members (excludes halogenated alkanes) is 2. The minimum Gasteiger partial charge on any atom is -0.359 e. The van der Waals surface area contributed by atoms with Crippen LogP contribution < -0.4 is 10.9 Å². The quantitative estimate of drug-likeness (QED) is 0.672. The van der Waals surface area contributed by atoms with E-state index in [2.05, 4.69) is 23.8 Å². The van der Waals surface area contributed by atoms with Crippen molar-refractivity contribution >= 4 is 21.8 Å². The standard InChI is InChI=1S/C20H24N2O2/c1-3-5-7-13-11-21-17-15(19(13)23)9-10-16-18(17)22-12-14(20(16)24)8-6-4-2/h9-12H,3-8H2,1-2H3,(H,21,23)(H,22,24). The fourth-order valence-electron chi connectivity index (χ4n) is 3.18. The van der Waals surface area contributed by atoms with Gasteiger partial charge in [0.2, 0.25) is 0 Å². The number of nitrogens with one attached hydrogen (secondary N) is 2. The normalized spacial score (nSPS) is 11.4. The Hall–Kier alpha value is -2.36. The van der Waals surface area contributed by atoms with Crippen molar-refractivity contribution in [3.8, 4) is 0 Å². The summed E-state index contributed by atoms with van der Waals surface area (Å²) in [6.45, 7) is 4.23. The highest BCUT2D eigenvalue weighted by atomic mass is 16.1. The fourth-order valence-corrected chi connectivity index (χ4v) is 3.18. The highest BCUT2D eigenvalue weighted by Gasteiger charge is 2.11. The number of fused-ring (bicyclic) bond motifs is 3. The summed E-state index contributed by atoms with van der Waals surface area (Å²) in [6, 6.07) is 3.57. The zero-order chi connectivity index (χ0) is 17.1. The highest BCUT2D eigenvalue weighted by molar-refractivity contribution is 6.02. The Kier molecular flexibility index (Phi) is 4.84. The van der Waals surface area contributed by atoms with Crippen LogP contribution in [0, 0.1) is 0 Å². The third kappa shape index (κ3) is 2.88. The second kappa shape index (κ2) is 7.04. The molecule has 0 radical (unpaired) electrons. The van der Waals surface area contributed by atoms with Crippen molar-refractivity contribution in [2.75, 3.05) is 0 Å². The first-order chi connectivity index (χ1) is 11.7. The molecule has 0 bridgehead atoms. The van der Waals surface area contributed by atoms with Gasteiger partial charge in [0, 0.05) is 34.3 Å². The first kappa shape index (κ1) is 16.5. The maximum absolute atomic E-state index is 12.7. The lowest BCUT2D eigenvalue weighted by molar-refractivity contribution is 0.789. The summed E-state index contributed by atoms with van der Waals surface area (Å²) < 4.78 is 0. The van der Waals surface area contributed by atoms with Gasteiger partial charge in [-0.05, 0) is 37.8 Å². The number of pyridine rings is 2. The first-order valence-corrected chi connectivity index (χ1v) is 8.84. The van der Waals surface area contributed by atoms with E-state index >= 15 is 0 Å². The molecule has 0 aliphatic carbocycles. The van der Waals surface area contributed by atoms with Crippen molar-refractivity contribution in [3.05, 3.63) is 56.1 Å². The van der Waals surface area contributed by atoms with Gasteiger partial charge >= 0.3 is 0 Å². The highest BCUT2D eigenvalue weighted by Crippen LogP contribution is 2.19. The zero-order valence-electron chi connectivity index (χ0n) is 14.4. The zero-order valence-corrected chi connectivity index (χ0v) is 14.4. The molecule has 0 amide bonds. The van der Waals surface area contributed by atoms with Crippen molar-refractivity contribution in [1.29, 1.82) is 0 Å². The molecule has 24 heavy (non-hydrogen) atoms. The van der Waals surface area contributed by atoms with Crippen LogP contribution in [0.2, 0.25) is 0 Å². The summed E-state index contributed by atoms with van der Waals surface area (Å²) in [6.07, 6.45) is 9.27. The molecule has 0 aliphatic heterocycles. The molecule has 2 N–H and O–H groups in total. The molecular formula is C20H24N2O2. The van der Waals surface area contributed by atoms with Crippen LogP contribution in [0.25, 0.3) is 21.8 Å².